The maximum atomic E-state index is 5.80. The Labute approximate surface area is 189 Å². The SMILES string of the molecule is CCOc1ccccc1N1CCN(CCCCc2cc(-c3cccs3)no2)CC1.Cl. The maximum absolute atomic E-state index is 5.80. The van der Waals surface area contributed by atoms with Gasteiger partial charge in [-0.25, -0.2) is 0 Å². The molecule has 5 nitrogen and oxygen atoms in total. The van der Waals surface area contributed by atoms with E-state index in [-0.39, 0.29) is 12.4 Å². The lowest BCUT2D eigenvalue weighted by atomic mass is 10.1. The number of unbranched alkanes of at least 4 members (excludes halogenated alkanes) is 1. The van der Waals surface area contributed by atoms with E-state index in [1.165, 1.54) is 17.0 Å². The monoisotopic (exact) mass is 447 g/mol. The Morgan fingerprint density at radius 1 is 1.07 bits per heavy atom. The summed E-state index contributed by atoms with van der Waals surface area (Å²) < 4.78 is 11.3. The van der Waals surface area contributed by atoms with E-state index in [4.69, 9.17) is 9.26 Å². The summed E-state index contributed by atoms with van der Waals surface area (Å²) in [5.74, 6) is 1.99. The molecule has 1 aromatic carbocycles. The molecular formula is C23H30ClN3O2S. The molecule has 0 aliphatic carbocycles. The van der Waals surface area contributed by atoms with Crippen LogP contribution in [0.5, 0.6) is 5.75 Å². The lowest BCUT2D eigenvalue weighted by Gasteiger charge is -2.36. The molecule has 7 heteroatoms. The number of ether oxygens (including phenoxy) is 1. The number of piperazine rings is 1. The second-order valence-corrected chi connectivity index (χ2v) is 8.29. The van der Waals surface area contributed by atoms with E-state index < -0.39 is 0 Å². The van der Waals surface area contributed by atoms with Gasteiger partial charge in [-0.3, -0.25) is 4.90 Å². The minimum Gasteiger partial charge on any atom is -0.492 e. The molecule has 3 aromatic rings. The van der Waals surface area contributed by atoms with E-state index in [1.54, 1.807) is 11.3 Å². The van der Waals surface area contributed by atoms with E-state index in [0.29, 0.717) is 6.61 Å². The van der Waals surface area contributed by atoms with Crippen molar-refractivity contribution in [3.05, 3.63) is 53.6 Å². The first kappa shape index (κ1) is 22.7. The topological polar surface area (TPSA) is 41.7 Å². The number of aromatic nitrogens is 1. The third-order valence-electron chi connectivity index (χ3n) is 5.36. The highest BCUT2D eigenvalue weighted by Gasteiger charge is 2.19. The molecule has 2 aromatic heterocycles. The second kappa shape index (κ2) is 11.4. The van der Waals surface area contributed by atoms with Crippen molar-refractivity contribution in [2.75, 3.05) is 44.2 Å². The molecule has 1 aliphatic heterocycles. The van der Waals surface area contributed by atoms with E-state index in [0.717, 1.165) is 62.8 Å². The Hall–Kier alpha value is -2.02. The maximum Gasteiger partial charge on any atom is 0.142 e. The Kier molecular flexibility index (Phi) is 8.61. The van der Waals surface area contributed by atoms with Crippen molar-refractivity contribution < 1.29 is 9.26 Å². The van der Waals surface area contributed by atoms with Gasteiger partial charge >= 0.3 is 0 Å². The van der Waals surface area contributed by atoms with Gasteiger partial charge in [0.2, 0.25) is 0 Å². The number of benzene rings is 1. The standard InChI is InChI=1S/C23H29N3O2S.ClH/c1-2-27-22-10-4-3-9-21(22)26-15-13-25(14-16-26)12-6-5-8-19-18-20(24-28-19)23-11-7-17-29-23;/h3-4,7,9-11,17-18H,2,5-6,8,12-16H2,1H3;1H. The largest absolute Gasteiger partial charge is 0.492 e. The molecule has 0 amide bonds. The third-order valence-corrected chi connectivity index (χ3v) is 6.25. The van der Waals surface area contributed by atoms with Crippen LogP contribution in [0.15, 0.2) is 52.4 Å². The van der Waals surface area contributed by atoms with Crippen LogP contribution in [0.1, 0.15) is 25.5 Å². The molecule has 0 radical (unpaired) electrons. The first-order chi connectivity index (χ1) is 14.3. The molecule has 1 fully saturated rings. The fourth-order valence-electron chi connectivity index (χ4n) is 3.81. The van der Waals surface area contributed by atoms with Crippen LogP contribution in [0.25, 0.3) is 10.6 Å². The minimum atomic E-state index is 0. The fourth-order valence-corrected chi connectivity index (χ4v) is 4.49. The Bertz CT molecular complexity index is 876. The van der Waals surface area contributed by atoms with Gasteiger partial charge < -0.3 is 14.2 Å². The molecular weight excluding hydrogens is 418 g/mol. The molecule has 3 heterocycles. The number of nitrogens with zero attached hydrogens (tertiary/aromatic N) is 3. The highest BCUT2D eigenvalue weighted by Crippen LogP contribution is 2.29. The van der Waals surface area contributed by atoms with Crippen molar-refractivity contribution in [3.63, 3.8) is 0 Å². The smallest absolute Gasteiger partial charge is 0.142 e. The van der Waals surface area contributed by atoms with Gasteiger partial charge in [0.25, 0.3) is 0 Å². The molecule has 0 N–H and O–H groups in total. The van der Waals surface area contributed by atoms with Gasteiger partial charge in [-0.05, 0) is 49.9 Å². The molecule has 0 bridgehead atoms. The quantitative estimate of drug-likeness (QED) is 0.412. The summed E-state index contributed by atoms with van der Waals surface area (Å²) in [7, 11) is 0. The van der Waals surface area contributed by atoms with Crippen molar-refractivity contribution in [3.8, 4) is 16.3 Å². The average molecular weight is 448 g/mol. The van der Waals surface area contributed by atoms with Gasteiger partial charge in [-0.15, -0.1) is 23.7 Å². The molecule has 30 heavy (non-hydrogen) atoms. The first-order valence-corrected chi connectivity index (χ1v) is 11.4. The predicted octanol–water partition coefficient (Wildman–Crippen LogP) is 5.37. The zero-order valence-corrected chi connectivity index (χ0v) is 19.1. The number of anilines is 1. The van der Waals surface area contributed by atoms with Crippen molar-refractivity contribution in [2.24, 2.45) is 0 Å². The van der Waals surface area contributed by atoms with Crippen LogP contribution < -0.4 is 9.64 Å². The molecule has 1 aliphatic rings. The number of aryl methyl sites for hydroxylation is 1. The number of thiophene rings is 1. The summed E-state index contributed by atoms with van der Waals surface area (Å²) >= 11 is 1.70. The summed E-state index contributed by atoms with van der Waals surface area (Å²) in [6.07, 6.45) is 3.27. The highest BCUT2D eigenvalue weighted by atomic mass is 35.5. The lowest BCUT2D eigenvalue weighted by Crippen LogP contribution is -2.46. The average Bonchev–Trinajstić information content (AvgIpc) is 3.44. The van der Waals surface area contributed by atoms with Crippen molar-refractivity contribution in [1.29, 1.82) is 0 Å². The Balaban J connectivity index is 0.00000256. The predicted molar refractivity (Wildman–Crippen MR) is 126 cm³/mol. The van der Waals surface area contributed by atoms with Crippen molar-refractivity contribution >= 4 is 29.4 Å². The highest BCUT2D eigenvalue weighted by molar-refractivity contribution is 7.13. The lowest BCUT2D eigenvalue weighted by molar-refractivity contribution is 0.250. The zero-order chi connectivity index (χ0) is 19.9. The Morgan fingerprint density at radius 2 is 1.90 bits per heavy atom. The summed E-state index contributed by atoms with van der Waals surface area (Å²) in [5.41, 5.74) is 2.18. The molecule has 0 unspecified atom stereocenters. The number of rotatable bonds is 9. The number of halogens is 1. The van der Waals surface area contributed by atoms with Crippen LogP contribution in [-0.4, -0.2) is 49.4 Å². The number of hydrogen-bond donors (Lipinski definition) is 0. The molecule has 0 spiro atoms. The van der Waals surface area contributed by atoms with Gasteiger partial charge in [-0.1, -0.05) is 23.4 Å². The van der Waals surface area contributed by atoms with Crippen LogP contribution >= 0.6 is 23.7 Å². The van der Waals surface area contributed by atoms with E-state index in [1.807, 2.05) is 19.1 Å². The van der Waals surface area contributed by atoms with Crippen LogP contribution in [0.3, 0.4) is 0 Å². The normalized spacial score (nSPS) is 14.5. The van der Waals surface area contributed by atoms with Crippen LogP contribution in [0.2, 0.25) is 0 Å². The Morgan fingerprint density at radius 3 is 2.67 bits per heavy atom. The molecule has 4 rings (SSSR count). The summed E-state index contributed by atoms with van der Waals surface area (Å²) in [5, 5.41) is 6.26. The summed E-state index contributed by atoms with van der Waals surface area (Å²) in [4.78, 5) is 6.18. The van der Waals surface area contributed by atoms with Crippen molar-refractivity contribution in [1.82, 2.24) is 10.1 Å². The second-order valence-electron chi connectivity index (χ2n) is 7.34. The zero-order valence-electron chi connectivity index (χ0n) is 17.5. The molecule has 162 valence electrons. The van der Waals surface area contributed by atoms with Crippen molar-refractivity contribution in [2.45, 2.75) is 26.2 Å². The van der Waals surface area contributed by atoms with Gasteiger partial charge in [0, 0.05) is 38.7 Å². The minimum absolute atomic E-state index is 0. The summed E-state index contributed by atoms with van der Waals surface area (Å²) in [6.45, 7) is 8.20. The number of hydrogen-bond acceptors (Lipinski definition) is 6. The first-order valence-electron chi connectivity index (χ1n) is 10.5. The fraction of sp³-hybridized carbons (Fsp3) is 0.435. The van der Waals surface area contributed by atoms with Crippen LogP contribution in [-0.2, 0) is 6.42 Å². The van der Waals surface area contributed by atoms with Gasteiger partial charge in [-0.2, -0.15) is 0 Å². The third kappa shape index (κ3) is 5.78. The molecule has 0 atom stereocenters. The van der Waals surface area contributed by atoms with Crippen LogP contribution in [0, 0.1) is 0 Å². The van der Waals surface area contributed by atoms with Gasteiger partial charge in [0.05, 0.1) is 17.2 Å². The number of para-hydroxylation sites is 2. The van der Waals surface area contributed by atoms with Crippen LogP contribution in [0.4, 0.5) is 5.69 Å². The van der Waals surface area contributed by atoms with Gasteiger partial charge in [0.15, 0.2) is 0 Å². The van der Waals surface area contributed by atoms with E-state index in [2.05, 4.69) is 50.7 Å². The van der Waals surface area contributed by atoms with Gasteiger partial charge in [0.1, 0.15) is 17.2 Å². The van der Waals surface area contributed by atoms with E-state index >= 15 is 0 Å². The molecule has 1 saturated heterocycles. The summed E-state index contributed by atoms with van der Waals surface area (Å²) in [6, 6.07) is 14.6. The molecule has 0 saturated carbocycles. The van der Waals surface area contributed by atoms with E-state index in [9.17, 15) is 0 Å².